The SMILES string of the molecule is COc1cc(/C=C/C(=N\NC(N)=O)C(=Cc2ccc(F)c(F)c2)C(/C=C/c2ccc(O)c(OC)c2)=N/NC(N)=O)ccc1O. The second-order valence-electron chi connectivity index (χ2n) is 8.71. The van der Waals surface area contributed by atoms with Crippen LogP contribution in [0.5, 0.6) is 23.0 Å². The lowest BCUT2D eigenvalue weighted by Gasteiger charge is -2.11. The number of phenols is 2. The minimum atomic E-state index is -1.14. The van der Waals surface area contributed by atoms with Crippen molar-refractivity contribution in [3.05, 3.63) is 101 Å². The van der Waals surface area contributed by atoms with E-state index < -0.39 is 23.7 Å². The van der Waals surface area contributed by atoms with Crippen molar-refractivity contribution in [2.45, 2.75) is 0 Å². The fraction of sp³-hybridized carbons (Fsp3) is 0.0667. The van der Waals surface area contributed by atoms with Crippen LogP contribution in [-0.4, -0.2) is 47.9 Å². The van der Waals surface area contributed by atoms with Gasteiger partial charge < -0.3 is 31.2 Å². The van der Waals surface area contributed by atoms with Crippen molar-refractivity contribution in [2.24, 2.45) is 21.7 Å². The first-order valence-electron chi connectivity index (χ1n) is 12.5. The highest BCUT2D eigenvalue weighted by atomic mass is 19.2. The van der Waals surface area contributed by atoms with E-state index in [9.17, 15) is 28.6 Å². The van der Waals surface area contributed by atoms with Gasteiger partial charge in [-0.05, 0) is 71.3 Å². The number of nitrogens with one attached hydrogen (secondary N) is 2. The van der Waals surface area contributed by atoms with E-state index in [1.165, 1.54) is 74.9 Å². The summed E-state index contributed by atoms with van der Waals surface area (Å²) >= 11 is 0. The number of hydrogen-bond acceptors (Lipinski definition) is 8. The molecule has 228 valence electrons. The number of ether oxygens (including phenoxy) is 2. The number of methoxy groups -OCH3 is 2. The number of primary amides is 2. The summed E-state index contributed by atoms with van der Waals surface area (Å²) in [6, 6.07) is 10.0. The average Bonchev–Trinajstić information content (AvgIpc) is 2.99. The minimum Gasteiger partial charge on any atom is -0.504 e. The lowest BCUT2D eigenvalue weighted by atomic mass is 9.99. The highest BCUT2D eigenvalue weighted by molar-refractivity contribution is 6.35. The third-order valence-electron chi connectivity index (χ3n) is 5.65. The first kappa shape index (κ1) is 32.3. The Balaban J connectivity index is 2.26. The molecule has 4 amide bonds. The number of carbonyl (C=O) groups excluding carboxylic acids is 2. The zero-order valence-electron chi connectivity index (χ0n) is 23.4. The summed E-state index contributed by atoms with van der Waals surface area (Å²) in [4.78, 5) is 23.2. The normalized spacial score (nSPS) is 11.8. The Labute approximate surface area is 250 Å². The molecule has 0 saturated heterocycles. The third-order valence-corrected chi connectivity index (χ3v) is 5.65. The van der Waals surface area contributed by atoms with Gasteiger partial charge in [0.25, 0.3) is 0 Å². The van der Waals surface area contributed by atoms with Gasteiger partial charge in [0, 0.05) is 5.57 Å². The van der Waals surface area contributed by atoms with E-state index in [1.54, 1.807) is 12.1 Å². The Morgan fingerprint density at radius 3 is 1.59 bits per heavy atom. The summed E-state index contributed by atoms with van der Waals surface area (Å²) < 4.78 is 38.2. The number of allylic oxidation sites excluding steroid dienone is 3. The van der Waals surface area contributed by atoms with E-state index in [2.05, 4.69) is 21.1 Å². The number of hydrogen-bond donors (Lipinski definition) is 6. The summed E-state index contributed by atoms with van der Waals surface area (Å²) in [5.74, 6) is -2.07. The maximum Gasteiger partial charge on any atom is 0.332 e. The van der Waals surface area contributed by atoms with Crippen LogP contribution in [0.15, 0.2) is 82.5 Å². The molecule has 0 aliphatic rings. The van der Waals surface area contributed by atoms with Gasteiger partial charge in [-0.15, -0.1) is 0 Å². The number of phenolic OH excluding ortho intramolecular Hbond substituents is 2. The average molecular weight is 607 g/mol. The van der Waals surface area contributed by atoms with Crippen LogP contribution in [0.1, 0.15) is 16.7 Å². The molecule has 0 heterocycles. The van der Waals surface area contributed by atoms with Crippen molar-refractivity contribution in [3.8, 4) is 23.0 Å². The zero-order chi connectivity index (χ0) is 32.2. The number of nitrogens with two attached hydrogens (primary N) is 2. The molecule has 3 rings (SSSR count). The van der Waals surface area contributed by atoms with Crippen LogP contribution in [0.2, 0.25) is 0 Å². The van der Waals surface area contributed by atoms with Crippen LogP contribution in [0.3, 0.4) is 0 Å². The second-order valence-corrected chi connectivity index (χ2v) is 8.71. The van der Waals surface area contributed by atoms with Gasteiger partial charge in [-0.25, -0.2) is 29.2 Å². The lowest BCUT2D eigenvalue weighted by Crippen LogP contribution is -2.28. The molecule has 0 saturated carbocycles. The Hall–Kier alpha value is -6.18. The largest absolute Gasteiger partial charge is 0.504 e. The van der Waals surface area contributed by atoms with Gasteiger partial charge in [-0.2, -0.15) is 10.2 Å². The molecule has 44 heavy (non-hydrogen) atoms. The van der Waals surface area contributed by atoms with Gasteiger partial charge in [0.15, 0.2) is 34.6 Å². The van der Waals surface area contributed by atoms with Crippen molar-refractivity contribution in [2.75, 3.05) is 14.2 Å². The van der Waals surface area contributed by atoms with Crippen LogP contribution in [-0.2, 0) is 0 Å². The third kappa shape index (κ3) is 9.17. The van der Waals surface area contributed by atoms with Gasteiger partial charge in [-0.3, -0.25) is 0 Å². The van der Waals surface area contributed by atoms with Crippen LogP contribution >= 0.6 is 0 Å². The quantitative estimate of drug-likeness (QED) is 0.139. The fourth-order valence-electron chi connectivity index (χ4n) is 3.60. The molecule has 0 spiro atoms. The summed E-state index contributed by atoms with van der Waals surface area (Å²) in [6.07, 6.45) is 7.27. The zero-order valence-corrected chi connectivity index (χ0v) is 23.4. The Morgan fingerprint density at radius 1 is 0.727 bits per heavy atom. The van der Waals surface area contributed by atoms with E-state index in [0.29, 0.717) is 11.1 Å². The molecule has 0 bridgehead atoms. The molecule has 0 fully saturated rings. The second kappa shape index (κ2) is 15.2. The van der Waals surface area contributed by atoms with Crippen LogP contribution in [0, 0.1) is 11.6 Å². The van der Waals surface area contributed by atoms with Gasteiger partial charge in [0.1, 0.15) is 0 Å². The molecule has 0 radical (unpaired) electrons. The van der Waals surface area contributed by atoms with Gasteiger partial charge >= 0.3 is 12.1 Å². The number of amides is 4. The minimum absolute atomic E-state index is 0.0291. The van der Waals surface area contributed by atoms with E-state index in [-0.39, 0.29) is 45.6 Å². The van der Waals surface area contributed by atoms with Crippen molar-refractivity contribution in [3.63, 3.8) is 0 Å². The smallest absolute Gasteiger partial charge is 0.332 e. The number of rotatable bonds is 11. The van der Waals surface area contributed by atoms with Gasteiger partial charge in [-0.1, -0.05) is 30.4 Å². The molecule has 0 unspecified atom stereocenters. The molecule has 0 aromatic heterocycles. The highest BCUT2D eigenvalue weighted by Gasteiger charge is 2.15. The van der Waals surface area contributed by atoms with Gasteiger partial charge in [0.05, 0.1) is 25.6 Å². The predicted molar refractivity (Wildman–Crippen MR) is 162 cm³/mol. The van der Waals surface area contributed by atoms with Crippen LogP contribution in [0.25, 0.3) is 18.2 Å². The molecular formula is C30H28F2N6O6. The number of hydrazone groups is 2. The predicted octanol–water partition coefficient (Wildman–Crippen LogP) is 4.25. The number of benzene rings is 3. The Bertz CT molecular complexity index is 1610. The number of aromatic hydroxyl groups is 2. The molecule has 14 heteroatoms. The summed E-state index contributed by atoms with van der Waals surface area (Å²) in [7, 11) is 2.75. The number of urea groups is 2. The number of halogens is 2. The van der Waals surface area contributed by atoms with E-state index in [0.717, 1.165) is 12.1 Å². The fourth-order valence-corrected chi connectivity index (χ4v) is 3.60. The van der Waals surface area contributed by atoms with Crippen molar-refractivity contribution in [1.29, 1.82) is 0 Å². The summed E-state index contributed by atoms with van der Waals surface area (Å²) in [5, 5.41) is 28.0. The molecule has 0 atom stereocenters. The molecule has 0 aliphatic heterocycles. The first-order chi connectivity index (χ1) is 21.0. The van der Waals surface area contributed by atoms with Crippen LogP contribution in [0.4, 0.5) is 18.4 Å². The lowest BCUT2D eigenvalue weighted by molar-refractivity contribution is 0.248. The maximum atomic E-state index is 14.2. The van der Waals surface area contributed by atoms with Crippen molar-refractivity contribution < 1.29 is 38.1 Å². The number of nitrogens with zero attached hydrogens (tertiary/aromatic N) is 2. The molecule has 12 nitrogen and oxygen atoms in total. The first-order valence-corrected chi connectivity index (χ1v) is 12.5. The van der Waals surface area contributed by atoms with E-state index >= 15 is 0 Å². The summed E-state index contributed by atoms with van der Waals surface area (Å²) in [5.41, 5.74) is 15.9. The monoisotopic (exact) mass is 606 g/mol. The van der Waals surface area contributed by atoms with Crippen molar-refractivity contribution in [1.82, 2.24) is 10.9 Å². The molecule has 3 aromatic rings. The topological polar surface area (TPSA) is 194 Å². The standard InChI is InChI=1S/C30H28F2N6O6/c1-43-27-15-17(6-11-25(27)39)4-9-23(35-37-29(33)41)20(13-19-3-8-21(31)22(32)14-19)24(36-38-30(34)42)10-5-18-7-12-26(40)28(16-18)44-2/h3-16,39-40H,1-2H3,(H3,33,37,41)(H3,34,38,42)/b9-4+,10-5+,35-23+,36-24+. The van der Waals surface area contributed by atoms with Crippen molar-refractivity contribution >= 4 is 41.7 Å². The molecule has 8 N–H and O–H groups in total. The Morgan fingerprint density at radius 2 is 1.18 bits per heavy atom. The van der Waals surface area contributed by atoms with Gasteiger partial charge in [0.2, 0.25) is 0 Å². The number of carbonyl (C=O) groups is 2. The van der Waals surface area contributed by atoms with Crippen LogP contribution < -0.4 is 31.8 Å². The maximum absolute atomic E-state index is 14.2. The molecular weight excluding hydrogens is 578 g/mol. The highest BCUT2D eigenvalue weighted by Crippen LogP contribution is 2.28. The molecule has 0 aliphatic carbocycles. The molecule has 3 aromatic carbocycles. The summed E-state index contributed by atoms with van der Waals surface area (Å²) in [6.45, 7) is 0. The Kier molecular flexibility index (Phi) is 11.1. The van der Waals surface area contributed by atoms with E-state index in [1.807, 2.05) is 0 Å². The van der Waals surface area contributed by atoms with E-state index in [4.69, 9.17) is 20.9 Å².